The molecule has 0 aliphatic heterocycles. The van der Waals surface area contributed by atoms with Crippen molar-refractivity contribution in [3.8, 4) is 5.69 Å². The molecule has 1 aromatic heterocycles. The summed E-state index contributed by atoms with van der Waals surface area (Å²) >= 11 is 6.29. The molecule has 1 unspecified atom stereocenters. The molecule has 1 heterocycles. The predicted molar refractivity (Wildman–Crippen MR) is 85.8 cm³/mol. The normalized spacial score (nSPS) is 12.3. The third kappa shape index (κ3) is 2.84. The first kappa shape index (κ1) is 13.9. The summed E-state index contributed by atoms with van der Waals surface area (Å²) in [6.45, 7) is 2.01. The Bertz CT molecular complexity index is 750. The first-order valence-electron chi connectivity index (χ1n) is 6.77. The minimum absolute atomic E-state index is 0.282. The molecule has 106 valence electrons. The molecule has 21 heavy (non-hydrogen) atoms. The number of aromatic nitrogens is 2. The summed E-state index contributed by atoms with van der Waals surface area (Å²) in [7, 11) is 0. The maximum atomic E-state index is 6.32. The van der Waals surface area contributed by atoms with Gasteiger partial charge in [-0.15, -0.1) is 0 Å². The van der Waals surface area contributed by atoms with Gasteiger partial charge < -0.3 is 5.73 Å². The van der Waals surface area contributed by atoms with Gasteiger partial charge in [-0.05, 0) is 36.2 Å². The van der Waals surface area contributed by atoms with Gasteiger partial charge in [0.2, 0.25) is 0 Å². The Labute approximate surface area is 129 Å². The highest BCUT2D eigenvalue weighted by Gasteiger charge is 2.14. The number of aryl methyl sites for hydroxylation is 1. The van der Waals surface area contributed by atoms with Crippen molar-refractivity contribution in [3.05, 3.63) is 82.6 Å². The van der Waals surface area contributed by atoms with Crippen LogP contribution in [0.1, 0.15) is 22.7 Å². The van der Waals surface area contributed by atoms with Crippen molar-refractivity contribution in [3.63, 3.8) is 0 Å². The molecule has 3 aromatic rings. The van der Waals surface area contributed by atoms with Crippen LogP contribution in [0.15, 0.2) is 60.9 Å². The van der Waals surface area contributed by atoms with Gasteiger partial charge >= 0.3 is 0 Å². The SMILES string of the molecule is Cc1ccc(C(N)c2cnn(-c3ccccc3)c2)c(Cl)c1. The summed E-state index contributed by atoms with van der Waals surface area (Å²) in [5.74, 6) is 0. The number of hydrogen-bond donors (Lipinski definition) is 1. The molecule has 3 nitrogen and oxygen atoms in total. The Morgan fingerprint density at radius 2 is 1.90 bits per heavy atom. The van der Waals surface area contributed by atoms with Crippen LogP contribution in [0.2, 0.25) is 5.02 Å². The van der Waals surface area contributed by atoms with E-state index in [0.29, 0.717) is 5.02 Å². The van der Waals surface area contributed by atoms with Crippen molar-refractivity contribution in [1.29, 1.82) is 0 Å². The van der Waals surface area contributed by atoms with Crippen molar-refractivity contribution in [2.24, 2.45) is 5.73 Å². The molecule has 0 amide bonds. The van der Waals surface area contributed by atoms with Crippen LogP contribution in [0.25, 0.3) is 5.69 Å². The molecule has 3 rings (SSSR count). The van der Waals surface area contributed by atoms with Crippen molar-refractivity contribution >= 4 is 11.6 Å². The largest absolute Gasteiger partial charge is 0.320 e. The monoisotopic (exact) mass is 297 g/mol. The third-order valence-corrected chi connectivity index (χ3v) is 3.80. The molecule has 0 radical (unpaired) electrons. The molecule has 2 N–H and O–H groups in total. The number of para-hydroxylation sites is 1. The van der Waals surface area contributed by atoms with E-state index in [2.05, 4.69) is 5.10 Å². The van der Waals surface area contributed by atoms with Gasteiger partial charge in [-0.1, -0.05) is 41.9 Å². The van der Waals surface area contributed by atoms with Crippen LogP contribution in [0.4, 0.5) is 0 Å². The molecule has 0 aliphatic rings. The van der Waals surface area contributed by atoms with Crippen LogP contribution in [-0.2, 0) is 0 Å². The van der Waals surface area contributed by atoms with Gasteiger partial charge in [-0.25, -0.2) is 4.68 Å². The molecular formula is C17H16ClN3. The molecule has 0 aliphatic carbocycles. The number of hydrogen-bond acceptors (Lipinski definition) is 2. The van der Waals surface area contributed by atoms with E-state index >= 15 is 0 Å². The highest BCUT2D eigenvalue weighted by molar-refractivity contribution is 6.31. The van der Waals surface area contributed by atoms with Gasteiger partial charge in [0.15, 0.2) is 0 Å². The lowest BCUT2D eigenvalue weighted by atomic mass is 10.0. The van der Waals surface area contributed by atoms with Crippen LogP contribution < -0.4 is 5.73 Å². The summed E-state index contributed by atoms with van der Waals surface area (Å²) in [5.41, 5.74) is 10.3. The van der Waals surface area contributed by atoms with E-state index in [0.717, 1.165) is 22.4 Å². The quantitative estimate of drug-likeness (QED) is 0.797. The molecule has 0 fully saturated rings. The maximum absolute atomic E-state index is 6.32. The number of rotatable bonds is 3. The number of nitrogens with zero attached hydrogens (tertiary/aromatic N) is 2. The Morgan fingerprint density at radius 3 is 2.62 bits per heavy atom. The van der Waals surface area contributed by atoms with E-state index in [-0.39, 0.29) is 6.04 Å². The van der Waals surface area contributed by atoms with Crippen LogP contribution in [-0.4, -0.2) is 9.78 Å². The van der Waals surface area contributed by atoms with Gasteiger partial charge in [0.05, 0.1) is 17.9 Å². The minimum Gasteiger partial charge on any atom is -0.320 e. The van der Waals surface area contributed by atoms with Gasteiger partial charge in [0.1, 0.15) is 0 Å². The molecular weight excluding hydrogens is 282 g/mol. The topological polar surface area (TPSA) is 43.8 Å². The van der Waals surface area contributed by atoms with E-state index in [1.807, 2.05) is 66.3 Å². The highest BCUT2D eigenvalue weighted by Crippen LogP contribution is 2.27. The van der Waals surface area contributed by atoms with E-state index in [1.54, 1.807) is 6.20 Å². The van der Waals surface area contributed by atoms with Crippen LogP contribution >= 0.6 is 11.6 Å². The van der Waals surface area contributed by atoms with Gasteiger partial charge in [-0.3, -0.25) is 0 Å². The average molecular weight is 298 g/mol. The third-order valence-electron chi connectivity index (χ3n) is 3.47. The molecule has 0 spiro atoms. The number of benzene rings is 2. The summed E-state index contributed by atoms with van der Waals surface area (Å²) in [6, 6.07) is 15.6. The zero-order chi connectivity index (χ0) is 14.8. The molecule has 0 saturated carbocycles. The molecule has 1 atom stereocenters. The van der Waals surface area contributed by atoms with Crippen molar-refractivity contribution in [2.45, 2.75) is 13.0 Å². The summed E-state index contributed by atoms with van der Waals surface area (Å²) < 4.78 is 1.82. The fourth-order valence-corrected chi connectivity index (χ4v) is 2.64. The van der Waals surface area contributed by atoms with Gasteiger partial charge in [-0.2, -0.15) is 5.10 Å². The number of halogens is 1. The van der Waals surface area contributed by atoms with Crippen molar-refractivity contribution < 1.29 is 0 Å². The van der Waals surface area contributed by atoms with E-state index in [1.165, 1.54) is 0 Å². The highest BCUT2D eigenvalue weighted by atomic mass is 35.5. The maximum Gasteiger partial charge on any atom is 0.0645 e. The molecule has 4 heteroatoms. The predicted octanol–water partition coefficient (Wildman–Crippen LogP) is 3.88. The Kier molecular flexibility index (Phi) is 3.78. The van der Waals surface area contributed by atoms with E-state index < -0.39 is 0 Å². The van der Waals surface area contributed by atoms with Crippen LogP contribution in [0.3, 0.4) is 0 Å². The fraction of sp³-hybridized carbons (Fsp3) is 0.118. The molecule has 0 saturated heterocycles. The summed E-state index contributed by atoms with van der Waals surface area (Å²) in [6.07, 6.45) is 3.73. The second kappa shape index (κ2) is 5.72. The van der Waals surface area contributed by atoms with Crippen molar-refractivity contribution in [1.82, 2.24) is 9.78 Å². The summed E-state index contributed by atoms with van der Waals surface area (Å²) in [5, 5.41) is 5.06. The lowest BCUT2D eigenvalue weighted by Crippen LogP contribution is -2.11. The van der Waals surface area contributed by atoms with Crippen LogP contribution in [0.5, 0.6) is 0 Å². The summed E-state index contributed by atoms with van der Waals surface area (Å²) in [4.78, 5) is 0. The smallest absolute Gasteiger partial charge is 0.0645 e. The lowest BCUT2D eigenvalue weighted by Gasteiger charge is -2.12. The second-order valence-corrected chi connectivity index (χ2v) is 5.46. The van der Waals surface area contributed by atoms with Crippen LogP contribution in [0, 0.1) is 6.92 Å². The lowest BCUT2D eigenvalue weighted by molar-refractivity contribution is 0.861. The average Bonchev–Trinajstić information content (AvgIpc) is 2.97. The zero-order valence-electron chi connectivity index (χ0n) is 11.7. The number of nitrogens with two attached hydrogens (primary N) is 1. The molecule has 0 bridgehead atoms. The van der Waals surface area contributed by atoms with Gasteiger partial charge in [0.25, 0.3) is 0 Å². The second-order valence-electron chi connectivity index (χ2n) is 5.06. The van der Waals surface area contributed by atoms with E-state index in [4.69, 9.17) is 17.3 Å². The van der Waals surface area contributed by atoms with Gasteiger partial charge in [0, 0.05) is 16.8 Å². The fourth-order valence-electron chi connectivity index (χ4n) is 2.28. The van der Waals surface area contributed by atoms with Crippen molar-refractivity contribution in [2.75, 3.05) is 0 Å². The Balaban J connectivity index is 1.92. The Morgan fingerprint density at radius 1 is 1.14 bits per heavy atom. The van der Waals surface area contributed by atoms with E-state index in [9.17, 15) is 0 Å². The minimum atomic E-state index is -0.282. The first-order valence-corrected chi connectivity index (χ1v) is 7.14. The Hall–Kier alpha value is -2.10. The molecule has 2 aromatic carbocycles. The standard InChI is InChI=1S/C17H16ClN3/c1-12-7-8-15(16(18)9-12)17(19)13-10-20-21(11-13)14-5-3-2-4-6-14/h2-11,17H,19H2,1H3. The first-order chi connectivity index (χ1) is 10.1. The zero-order valence-corrected chi connectivity index (χ0v) is 12.5.